The number of likely N-dealkylation sites (tertiary alicyclic amines) is 1. The van der Waals surface area contributed by atoms with E-state index in [1.807, 2.05) is 0 Å². The number of nitrogens with one attached hydrogen (secondary N) is 1. The fraction of sp³-hybridized carbons (Fsp3) is 0.571. The lowest BCUT2D eigenvalue weighted by atomic mass is 9.97. The van der Waals surface area contributed by atoms with Gasteiger partial charge in [0.2, 0.25) is 0 Å². The van der Waals surface area contributed by atoms with Gasteiger partial charge in [0.05, 0.1) is 4.92 Å². The fourth-order valence-electron chi connectivity index (χ4n) is 2.57. The van der Waals surface area contributed by atoms with Crippen molar-refractivity contribution in [2.45, 2.75) is 19.8 Å². The minimum Gasteiger partial charge on any atom is -0.379 e. The van der Waals surface area contributed by atoms with Crippen molar-refractivity contribution in [3.8, 4) is 0 Å². The minimum atomic E-state index is -0.395. The lowest BCUT2D eigenvalue weighted by molar-refractivity contribution is -0.383. The Morgan fingerprint density at radius 1 is 1.45 bits per heavy atom. The zero-order valence-corrected chi connectivity index (χ0v) is 12.4. The van der Waals surface area contributed by atoms with Gasteiger partial charge in [0, 0.05) is 17.6 Å². The third-order valence-corrected chi connectivity index (χ3v) is 4.13. The molecule has 1 aromatic carbocycles. The Labute approximate surface area is 124 Å². The molecule has 6 heteroatoms. The number of nitrogens with zero attached hydrogens (tertiary/aromatic N) is 2. The van der Waals surface area contributed by atoms with Crippen LogP contribution in [-0.4, -0.2) is 36.0 Å². The summed E-state index contributed by atoms with van der Waals surface area (Å²) < 4.78 is 0. The average Bonchev–Trinajstić information content (AvgIpc) is 2.46. The van der Waals surface area contributed by atoms with Gasteiger partial charge < -0.3 is 10.2 Å². The number of halogens is 1. The van der Waals surface area contributed by atoms with Gasteiger partial charge in [-0.3, -0.25) is 10.1 Å². The van der Waals surface area contributed by atoms with E-state index in [9.17, 15) is 10.1 Å². The molecule has 5 nitrogen and oxygen atoms in total. The Kier molecular flexibility index (Phi) is 5.20. The van der Waals surface area contributed by atoms with Gasteiger partial charge in [-0.05, 0) is 50.5 Å². The fourth-order valence-corrected chi connectivity index (χ4v) is 2.73. The summed E-state index contributed by atoms with van der Waals surface area (Å²) in [6.07, 6.45) is 2.28. The van der Waals surface area contributed by atoms with Crippen LogP contribution in [0.1, 0.15) is 19.8 Å². The molecule has 110 valence electrons. The summed E-state index contributed by atoms with van der Waals surface area (Å²) in [6, 6.07) is 4.75. The zero-order chi connectivity index (χ0) is 14.5. The standard InChI is InChI=1S/C14H20ClN3O2/c1-2-17-7-5-11(6-8-17)10-16-13-4-3-12(15)9-14(13)18(19)20/h3-4,9,11,16H,2,5-8,10H2,1H3. The first kappa shape index (κ1) is 15.1. The maximum Gasteiger partial charge on any atom is 0.293 e. The number of hydrogen-bond acceptors (Lipinski definition) is 4. The number of piperidine rings is 1. The monoisotopic (exact) mass is 297 g/mol. The number of hydrogen-bond donors (Lipinski definition) is 1. The molecule has 1 aromatic rings. The van der Waals surface area contributed by atoms with Crippen molar-refractivity contribution in [2.75, 3.05) is 31.5 Å². The third kappa shape index (κ3) is 3.84. The molecule has 0 atom stereocenters. The molecule has 1 N–H and O–H groups in total. The van der Waals surface area contributed by atoms with Crippen molar-refractivity contribution in [2.24, 2.45) is 5.92 Å². The molecule has 1 heterocycles. The second-order valence-electron chi connectivity index (χ2n) is 5.18. The average molecular weight is 298 g/mol. The van der Waals surface area contributed by atoms with Crippen LogP contribution in [0.15, 0.2) is 18.2 Å². The summed E-state index contributed by atoms with van der Waals surface area (Å²) in [5, 5.41) is 14.6. The Bertz CT molecular complexity index is 473. The van der Waals surface area contributed by atoms with Crippen LogP contribution >= 0.6 is 11.6 Å². The van der Waals surface area contributed by atoms with Crippen LogP contribution in [0.5, 0.6) is 0 Å². The molecule has 0 unspecified atom stereocenters. The quantitative estimate of drug-likeness (QED) is 0.668. The molecular formula is C14H20ClN3O2. The summed E-state index contributed by atoms with van der Waals surface area (Å²) in [7, 11) is 0. The van der Waals surface area contributed by atoms with Gasteiger partial charge in [-0.1, -0.05) is 18.5 Å². The molecule has 20 heavy (non-hydrogen) atoms. The highest BCUT2D eigenvalue weighted by Gasteiger charge is 2.19. The molecule has 0 aromatic heterocycles. The number of anilines is 1. The van der Waals surface area contributed by atoms with Crippen LogP contribution in [0.25, 0.3) is 0 Å². The number of benzene rings is 1. The van der Waals surface area contributed by atoms with Crippen LogP contribution in [0.2, 0.25) is 5.02 Å². The van der Waals surface area contributed by atoms with E-state index in [-0.39, 0.29) is 5.69 Å². The molecule has 1 saturated heterocycles. The lowest BCUT2D eigenvalue weighted by Gasteiger charge is -2.31. The lowest BCUT2D eigenvalue weighted by Crippen LogP contribution is -2.35. The highest BCUT2D eigenvalue weighted by Crippen LogP contribution is 2.28. The summed E-state index contributed by atoms with van der Waals surface area (Å²) >= 11 is 5.80. The van der Waals surface area contributed by atoms with Gasteiger partial charge in [0.1, 0.15) is 5.69 Å². The van der Waals surface area contributed by atoms with Crippen molar-refractivity contribution in [1.29, 1.82) is 0 Å². The highest BCUT2D eigenvalue weighted by atomic mass is 35.5. The van der Waals surface area contributed by atoms with Crippen LogP contribution in [-0.2, 0) is 0 Å². The summed E-state index contributed by atoms with van der Waals surface area (Å²) in [4.78, 5) is 13.0. The van der Waals surface area contributed by atoms with E-state index in [1.165, 1.54) is 6.07 Å². The number of nitro benzene ring substituents is 1. The van der Waals surface area contributed by atoms with E-state index in [2.05, 4.69) is 17.1 Å². The molecule has 0 amide bonds. The first-order valence-corrected chi connectivity index (χ1v) is 7.38. The Hall–Kier alpha value is -1.33. The van der Waals surface area contributed by atoms with E-state index in [0.717, 1.165) is 39.0 Å². The molecule has 1 aliphatic heterocycles. The van der Waals surface area contributed by atoms with Gasteiger partial charge in [-0.2, -0.15) is 0 Å². The Morgan fingerprint density at radius 2 is 2.15 bits per heavy atom. The zero-order valence-electron chi connectivity index (χ0n) is 11.6. The van der Waals surface area contributed by atoms with E-state index in [1.54, 1.807) is 12.1 Å². The molecule has 0 radical (unpaired) electrons. The molecule has 0 bridgehead atoms. The maximum absolute atomic E-state index is 11.0. The van der Waals surface area contributed by atoms with Gasteiger partial charge in [0.15, 0.2) is 0 Å². The molecular weight excluding hydrogens is 278 g/mol. The maximum atomic E-state index is 11.0. The predicted octanol–water partition coefficient (Wildman–Crippen LogP) is 3.39. The molecule has 0 saturated carbocycles. The second-order valence-corrected chi connectivity index (χ2v) is 5.61. The van der Waals surface area contributed by atoms with Gasteiger partial charge >= 0.3 is 0 Å². The van der Waals surface area contributed by atoms with E-state index >= 15 is 0 Å². The van der Waals surface area contributed by atoms with Crippen molar-refractivity contribution >= 4 is 23.0 Å². The molecule has 1 aliphatic rings. The van der Waals surface area contributed by atoms with E-state index in [4.69, 9.17) is 11.6 Å². The summed E-state index contributed by atoms with van der Waals surface area (Å²) in [5.74, 6) is 0.577. The van der Waals surface area contributed by atoms with Crippen LogP contribution in [0, 0.1) is 16.0 Å². The smallest absolute Gasteiger partial charge is 0.293 e. The summed E-state index contributed by atoms with van der Waals surface area (Å²) in [6.45, 7) is 6.29. The van der Waals surface area contributed by atoms with Gasteiger partial charge in [-0.25, -0.2) is 0 Å². The third-order valence-electron chi connectivity index (χ3n) is 3.89. The molecule has 2 rings (SSSR count). The van der Waals surface area contributed by atoms with Crippen LogP contribution in [0.3, 0.4) is 0 Å². The van der Waals surface area contributed by atoms with Crippen LogP contribution < -0.4 is 5.32 Å². The summed E-state index contributed by atoms with van der Waals surface area (Å²) in [5.41, 5.74) is 0.598. The van der Waals surface area contributed by atoms with Gasteiger partial charge in [-0.15, -0.1) is 0 Å². The van der Waals surface area contributed by atoms with Crippen molar-refractivity contribution < 1.29 is 4.92 Å². The van der Waals surface area contributed by atoms with Crippen molar-refractivity contribution in [3.05, 3.63) is 33.3 Å². The number of nitro groups is 1. The second kappa shape index (κ2) is 6.90. The molecule has 0 spiro atoms. The largest absolute Gasteiger partial charge is 0.379 e. The Morgan fingerprint density at radius 3 is 2.75 bits per heavy atom. The SMILES string of the molecule is CCN1CCC(CNc2ccc(Cl)cc2[N+](=O)[O-])CC1. The van der Waals surface area contributed by atoms with Gasteiger partial charge in [0.25, 0.3) is 5.69 Å². The first-order valence-electron chi connectivity index (χ1n) is 7.00. The number of rotatable bonds is 5. The Balaban J connectivity index is 1.93. The molecule has 1 fully saturated rings. The van der Waals surface area contributed by atoms with Crippen molar-refractivity contribution in [3.63, 3.8) is 0 Å². The van der Waals surface area contributed by atoms with E-state index < -0.39 is 4.92 Å². The normalized spacial score (nSPS) is 17.1. The molecule has 0 aliphatic carbocycles. The van der Waals surface area contributed by atoms with Crippen molar-refractivity contribution in [1.82, 2.24) is 4.90 Å². The van der Waals surface area contributed by atoms with Crippen LogP contribution in [0.4, 0.5) is 11.4 Å². The van der Waals surface area contributed by atoms with E-state index in [0.29, 0.717) is 16.6 Å². The predicted molar refractivity (Wildman–Crippen MR) is 81.4 cm³/mol. The minimum absolute atomic E-state index is 0.0449. The topological polar surface area (TPSA) is 58.4 Å². The first-order chi connectivity index (χ1) is 9.60. The highest BCUT2D eigenvalue weighted by molar-refractivity contribution is 6.30.